The molecular weight excluding hydrogens is 345 g/mol. The summed E-state index contributed by atoms with van der Waals surface area (Å²) in [6.45, 7) is 1.97. The Hall–Kier alpha value is -2.68. The van der Waals surface area contributed by atoms with E-state index in [1.807, 2.05) is 4.90 Å². The molecule has 0 aliphatic carbocycles. The highest BCUT2D eigenvalue weighted by Crippen LogP contribution is 2.38. The second kappa shape index (κ2) is 6.24. The molecule has 0 spiro atoms. The van der Waals surface area contributed by atoms with Crippen LogP contribution in [0.15, 0.2) is 30.5 Å². The number of nitrogens with zero attached hydrogens (tertiary/aromatic N) is 4. The fourth-order valence-electron chi connectivity index (χ4n) is 3.30. The number of nitrogens with two attached hydrogens (primary N) is 1. The van der Waals surface area contributed by atoms with Crippen LogP contribution in [-0.2, 0) is 6.18 Å². The van der Waals surface area contributed by atoms with Gasteiger partial charge in [-0.25, -0.2) is 9.97 Å². The number of halogens is 3. The molecule has 1 saturated heterocycles. The Morgan fingerprint density at radius 2 is 2.08 bits per heavy atom. The molecule has 136 valence electrons. The van der Waals surface area contributed by atoms with Crippen molar-refractivity contribution in [1.29, 1.82) is 0 Å². The van der Waals surface area contributed by atoms with Crippen molar-refractivity contribution < 1.29 is 13.2 Å². The second-order valence-corrected chi connectivity index (χ2v) is 6.37. The van der Waals surface area contributed by atoms with E-state index in [1.165, 1.54) is 6.07 Å². The molecule has 1 atom stereocenters. The van der Waals surface area contributed by atoms with Crippen molar-refractivity contribution in [3.8, 4) is 11.4 Å². The molecule has 26 heavy (non-hydrogen) atoms. The number of fused-ring (bicyclic) bond motifs is 1. The monoisotopic (exact) mass is 362 g/mol. The van der Waals surface area contributed by atoms with Gasteiger partial charge in [-0.3, -0.25) is 5.10 Å². The van der Waals surface area contributed by atoms with Gasteiger partial charge in [0.1, 0.15) is 17.2 Å². The van der Waals surface area contributed by atoms with Crippen molar-refractivity contribution in [2.24, 2.45) is 11.7 Å². The number of nitrogens with one attached hydrogen (secondary N) is 1. The summed E-state index contributed by atoms with van der Waals surface area (Å²) in [4.78, 5) is 10.4. The number of aromatic amines is 1. The molecule has 1 fully saturated rings. The molecule has 0 radical (unpaired) electrons. The predicted octanol–water partition coefficient (Wildman–Crippen LogP) is 2.82. The summed E-state index contributed by atoms with van der Waals surface area (Å²) in [7, 11) is 0. The molecule has 1 aliphatic rings. The fraction of sp³-hybridized carbons (Fsp3) is 0.353. The minimum absolute atomic E-state index is 0.150. The zero-order valence-electron chi connectivity index (χ0n) is 13.8. The van der Waals surface area contributed by atoms with Gasteiger partial charge in [-0.05, 0) is 43.1 Å². The average molecular weight is 362 g/mol. The van der Waals surface area contributed by atoms with Gasteiger partial charge in [0.05, 0.1) is 5.56 Å². The Morgan fingerprint density at radius 3 is 2.81 bits per heavy atom. The fourth-order valence-corrected chi connectivity index (χ4v) is 3.30. The molecular formula is C17H17F3N6. The van der Waals surface area contributed by atoms with E-state index in [1.54, 1.807) is 18.3 Å². The lowest BCUT2D eigenvalue weighted by Gasteiger charge is -2.20. The summed E-state index contributed by atoms with van der Waals surface area (Å²) >= 11 is 0. The number of pyridine rings is 2. The summed E-state index contributed by atoms with van der Waals surface area (Å²) in [6.07, 6.45) is -2.07. The minimum atomic E-state index is -4.53. The van der Waals surface area contributed by atoms with E-state index < -0.39 is 11.7 Å². The van der Waals surface area contributed by atoms with Crippen molar-refractivity contribution in [3.63, 3.8) is 0 Å². The van der Waals surface area contributed by atoms with E-state index in [9.17, 15) is 13.2 Å². The first-order chi connectivity index (χ1) is 12.5. The van der Waals surface area contributed by atoms with Crippen LogP contribution < -0.4 is 10.6 Å². The largest absolute Gasteiger partial charge is 0.418 e. The SMILES string of the molecule is NC[C@H]1CCN(c2ccc(C(F)(F)F)c(-c3n[nH]c4ncccc34)n2)C1. The van der Waals surface area contributed by atoms with Crippen molar-refractivity contribution in [2.75, 3.05) is 24.5 Å². The van der Waals surface area contributed by atoms with Crippen LogP contribution in [0.25, 0.3) is 22.4 Å². The lowest BCUT2D eigenvalue weighted by atomic mass is 10.1. The third-order valence-corrected chi connectivity index (χ3v) is 4.69. The molecule has 3 N–H and O–H groups in total. The highest BCUT2D eigenvalue weighted by molar-refractivity contribution is 5.90. The predicted molar refractivity (Wildman–Crippen MR) is 91.5 cm³/mol. The zero-order chi connectivity index (χ0) is 18.3. The number of anilines is 1. The third-order valence-electron chi connectivity index (χ3n) is 4.69. The first-order valence-electron chi connectivity index (χ1n) is 8.30. The van der Waals surface area contributed by atoms with Crippen molar-refractivity contribution in [3.05, 3.63) is 36.0 Å². The Morgan fingerprint density at radius 1 is 1.23 bits per heavy atom. The first-order valence-corrected chi connectivity index (χ1v) is 8.30. The summed E-state index contributed by atoms with van der Waals surface area (Å²) < 4.78 is 40.6. The molecule has 4 rings (SSSR count). The summed E-state index contributed by atoms with van der Waals surface area (Å²) in [6, 6.07) is 5.82. The van der Waals surface area contributed by atoms with E-state index in [2.05, 4.69) is 20.2 Å². The van der Waals surface area contributed by atoms with Crippen LogP contribution in [0.4, 0.5) is 19.0 Å². The summed E-state index contributed by atoms with van der Waals surface area (Å²) in [5.74, 6) is 0.835. The molecule has 0 aromatic carbocycles. The zero-order valence-corrected chi connectivity index (χ0v) is 13.8. The van der Waals surface area contributed by atoms with Gasteiger partial charge in [-0.1, -0.05) is 0 Å². The lowest BCUT2D eigenvalue weighted by molar-refractivity contribution is -0.137. The highest BCUT2D eigenvalue weighted by Gasteiger charge is 2.36. The van der Waals surface area contributed by atoms with Crippen LogP contribution >= 0.6 is 0 Å². The Balaban J connectivity index is 1.84. The van der Waals surface area contributed by atoms with Crippen LogP contribution in [0.3, 0.4) is 0 Å². The van der Waals surface area contributed by atoms with Crippen LogP contribution in [0, 0.1) is 5.92 Å². The molecule has 0 amide bonds. The Labute approximate surface area is 147 Å². The summed E-state index contributed by atoms with van der Waals surface area (Å²) in [5.41, 5.74) is 5.28. The van der Waals surface area contributed by atoms with E-state index in [4.69, 9.17) is 5.73 Å². The van der Waals surface area contributed by atoms with Crippen molar-refractivity contribution >= 4 is 16.9 Å². The van der Waals surface area contributed by atoms with Crippen molar-refractivity contribution in [1.82, 2.24) is 20.2 Å². The normalized spacial score (nSPS) is 18.0. The van der Waals surface area contributed by atoms with E-state index in [0.29, 0.717) is 35.9 Å². The number of hydrogen-bond donors (Lipinski definition) is 2. The van der Waals surface area contributed by atoms with Gasteiger partial charge < -0.3 is 10.6 Å². The van der Waals surface area contributed by atoms with Gasteiger partial charge in [-0.15, -0.1) is 0 Å². The van der Waals surface area contributed by atoms with Gasteiger partial charge in [0.25, 0.3) is 0 Å². The molecule has 1 aliphatic heterocycles. The maximum absolute atomic E-state index is 13.5. The second-order valence-electron chi connectivity index (χ2n) is 6.37. The molecule has 0 saturated carbocycles. The molecule has 3 aromatic rings. The van der Waals surface area contributed by atoms with Crippen LogP contribution in [0.5, 0.6) is 0 Å². The van der Waals surface area contributed by atoms with Crippen LogP contribution in [0.2, 0.25) is 0 Å². The van der Waals surface area contributed by atoms with Crippen LogP contribution in [0.1, 0.15) is 12.0 Å². The minimum Gasteiger partial charge on any atom is -0.356 e. The molecule has 0 bridgehead atoms. The molecule has 6 nitrogen and oxygen atoms in total. The topological polar surface area (TPSA) is 83.7 Å². The number of aromatic nitrogens is 4. The van der Waals surface area contributed by atoms with E-state index >= 15 is 0 Å². The van der Waals surface area contributed by atoms with Gasteiger partial charge in [-0.2, -0.15) is 18.3 Å². The number of hydrogen-bond acceptors (Lipinski definition) is 5. The standard InChI is InChI=1S/C17H17F3N6/c18-17(19,20)12-3-4-13(26-7-5-10(8-21)9-26)23-15(12)14-11-2-1-6-22-16(11)25-24-14/h1-4,6,10H,5,7-9,21H2,(H,22,24,25)/t10-/m1/s1. The van der Waals surface area contributed by atoms with Crippen LogP contribution in [-0.4, -0.2) is 39.8 Å². The van der Waals surface area contributed by atoms with Gasteiger partial charge >= 0.3 is 6.18 Å². The third kappa shape index (κ3) is 2.88. The van der Waals surface area contributed by atoms with E-state index in [-0.39, 0.29) is 11.4 Å². The average Bonchev–Trinajstić information content (AvgIpc) is 3.27. The highest BCUT2D eigenvalue weighted by atomic mass is 19.4. The summed E-state index contributed by atoms with van der Waals surface area (Å²) in [5, 5.41) is 7.23. The maximum Gasteiger partial charge on any atom is 0.418 e. The molecule has 9 heteroatoms. The Kier molecular flexibility index (Phi) is 4.03. The molecule has 0 unspecified atom stereocenters. The number of H-pyrrole nitrogens is 1. The smallest absolute Gasteiger partial charge is 0.356 e. The Bertz CT molecular complexity index is 936. The molecule has 3 aromatic heterocycles. The lowest BCUT2D eigenvalue weighted by Crippen LogP contribution is -2.24. The number of rotatable bonds is 3. The molecule has 4 heterocycles. The maximum atomic E-state index is 13.5. The number of alkyl halides is 3. The van der Waals surface area contributed by atoms with E-state index in [0.717, 1.165) is 19.0 Å². The van der Waals surface area contributed by atoms with Gasteiger partial charge in [0, 0.05) is 24.7 Å². The quantitative estimate of drug-likeness (QED) is 0.749. The van der Waals surface area contributed by atoms with Gasteiger partial charge in [0.15, 0.2) is 5.65 Å². The van der Waals surface area contributed by atoms with Crippen molar-refractivity contribution in [2.45, 2.75) is 12.6 Å². The first kappa shape index (κ1) is 16.8. The van der Waals surface area contributed by atoms with Gasteiger partial charge in [0.2, 0.25) is 0 Å².